The summed E-state index contributed by atoms with van der Waals surface area (Å²) in [7, 11) is 1.56. The predicted octanol–water partition coefficient (Wildman–Crippen LogP) is -0.109. The lowest BCUT2D eigenvalue weighted by atomic mass is 10.0. The molecular formula is C16H20N6O3. The smallest absolute Gasteiger partial charge is 0.271 e. The average molecular weight is 344 g/mol. The van der Waals surface area contributed by atoms with Crippen molar-refractivity contribution >= 4 is 11.8 Å². The van der Waals surface area contributed by atoms with Crippen LogP contribution in [0.5, 0.6) is 0 Å². The minimum absolute atomic E-state index is 0.0850. The first-order valence-electron chi connectivity index (χ1n) is 8.06. The van der Waals surface area contributed by atoms with E-state index < -0.39 is 0 Å². The van der Waals surface area contributed by atoms with Crippen molar-refractivity contribution in [3.05, 3.63) is 41.7 Å². The van der Waals surface area contributed by atoms with E-state index in [0.717, 1.165) is 5.69 Å². The zero-order valence-electron chi connectivity index (χ0n) is 13.9. The zero-order valence-corrected chi connectivity index (χ0v) is 13.9. The molecule has 0 aliphatic carbocycles. The van der Waals surface area contributed by atoms with E-state index >= 15 is 0 Å². The number of ether oxygens (including phenoxy) is 1. The van der Waals surface area contributed by atoms with E-state index in [2.05, 4.69) is 25.5 Å². The molecule has 132 valence electrons. The Kier molecular flexibility index (Phi) is 5.34. The van der Waals surface area contributed by atoms with E-state index in [1.807, 2.05) is 0 Å². The maximum atomic E-state index is 12.5. The summed E-state index contributed by atoms with van der Waals surface area (Å²) in [4.78, 5) is 34.2. The Morgan fingerprint density at radius 3 is 3.08 bits per heavy atom. The van der Waals surface area contributed by atoms with Crippen LogP contribution in [0.15, 0.2) is 24.7 Å². The number of aromatic amines is 1. The number of nitrogens with zero attached hydrogens (tertiary/aromatic N) is 4. The third-order valence-electron chi connectivity index (χ3n) is 4.04. The molecule has 3 heterocycles. The highest BCUT2D eigenvalue weighted by atomic mass is 16.5. The third-order valence-corrected chi connectivity index (χ3v) is 4.04. The minimum atomic E-state index is -0.253. The van der Waals surface area contributed by atoms with E-state index in [0.29, 0.717) is 44.1 Å². The number of amides is 2. The standard InChI is InChI=1S/C16H20N6O3/c1-17-15(23)14-7-12(18-10-19-14)6-11-8-22(4-5-25-9-11)16(24)13-2-3-20-21-13/h2-3,7,10-11H,4-6,8-9H2,1H3,(H,17,23)(H,20,21). The van der Waals surface area contributed by atoms with Crippen molar-refractivity contribution in [2.24, 2.45) is 5.92 Å². The molecule has 2 N–H and O–H groups in total. The molecule has 0 spiro atoms. The lowest BCUT2D eigenvalue weighted by molar-refractivity contribution is 0.0731. The fourth-order valence-corrected chi connectivity index (χ4v) is 2.79. The first-order chi connectivity index (χ1) is 12.2. The van der Waals surface area contributed by atoms with Gasteiger partial charge in [0.1, 0.15) is 17.7 Å². The number of H-pyrrole nitrogens is 1. The van der Waals surface area contributed by atoms with Gasteiger partial charge in [0.05, 0.1) is 13.2 Å². The van der Waals surface area contributed by atoms with Gasteiger partial charge in [0.2, 0.25) is 0 Å². The van der Waals surface area contributed by atoms with Crippen LogP contribution in [0, 0.1) is 5.92 Å². The maximum absolute atomic E-state index is 12.5. The molecule has 0 aromatic carbocycles. The van der Waals surface area contributed by atoms with Gasteiger partial charge in [-0.1, -0.05) is 0 Å². The molecule has 2 aromatic heterocycles. The van der Waals surface area contributed by atoms with E-state index in [-0.39, 0.29) is 17.7 Å². The quantitative estimate of drug-likeness (QED) is 0.800. The molecule has 1 aliphatic rings. The van der Waals surface area contributed by atoms with E-state index in [4.69, 9.17) is 4.74 Å². The molecule has 9 heteroatoms. The molecule has 1 unspecified atom stereocenters. The van der Waals surface area contributed by atoms with Gasteiger partial charge in [0.15, 0.2) is 0 Å². The van der Waals surface area contributed by atoms with Crippen molar-refractivity contribution in [2.75, 3.05) is 33.4 Å². The molecule has 2 aromatic rings. The first kappa shape index (κ1) is 17.0. The van der Waals surface area contributed by atoms with Gasteiger partial charge in [0, 0.05) is 37.9 Å². The van der Waals surface area contributed by atoms with Crippen LogP contribution in [0.2, 0.25) is 0 Å². The molecule has 1 atom stereocenters. The molecule has 9 nitrogen and oxygen atoms in total. The van der Waals surface area contributed by atoms with Crippen LogP contribution >= 0.6 is 0 Å². The van der Waals surface area contributed by atoms with Crippen LogP contribution in [-0.2, 0) is 11.2 Å². The number of aromatic nitrogens is 4. The van der Waals surface area contributed by atoms with Crippen molar-refractivity contribution < 1.29 is 14.3 Å². The summed E-state index contributed by atoms with van der Waals surface area (Å²) >= 11 is 0. The molecule has 0 radical (unpaired) electrons. The van der Waals surface area contributed by atoms with Gasteiger partial charge in [-0.25, -0.2) is 9.97 Å². The summed E-state index contributed by atoms with van der Waals surface area (Å²) in [6, 6.07) is 3.33. The van der Waals surface area contributed by atoms with Crippen molar-refractivity contribution in [3.63, 3.8) is 0 Å². The van der Waals surface area contributed by atoms with Gasteiger partial charge in [-0.15, -0.1) is 0 Å². The Morgan fingerprint density at radius 1 is 1.44 bits per heavy atom. The summed E-state index contributed by atoms with van der Waals surface area (Å²) in [5.41, 5.74) is 1.54. The average Bonchev–Trinajstić information content (AvgIpc) is 3.08. The Balaban J connectivity index is 1.69. The molecule has 1 saturated heterocycles. The largest absolute Gasteiger partial charge is 0.379 e. The molecule has 3 rings (SSSR count). The topological polar surface area (TPSA) is 113 Å². The van der Waals surface area contributed by atoms with Gasteiger partial charge in [-0.05, 0) is 18.6 Å². The lowest BCUT2D eigenvalue weighted by Gasteiger charge is -2.22. The van der Waals surface area contributed by atoms with E-state index in [1.54, 1.807) is 30.3 Å². The second-order valence-electron chi connectivity index (χ2n) is 5.84. The summed E-state index contributed by atoms with van der Waals surface area (Å²) in [6.45, 7) is 2.11. The Hall–Kier alpha value is -2.81. The van der Waals surface area contributed by atoms with Gasteiger partial charge >= 0.3 is 0 Å². The zero-order chi connectivity index (χ0) is 17.6. The molecule has 0 saturated carbocycles. The van der Waals surface area contributed by atoms with Gasteiger partial charge in [-0.3, -0.25) is 14.7 Å². The van der Waals surface area contributed by atoms with Crippen LogP contribution in [0.4, 0.5) is 0 Å². The number of nitrogens with one attached hydrogen (secondary N) is 2. The SMILES string of the molecule is CNC(=O)c1cc(CC2COCCN(C(=O)c3ccn[nH]3)C2)ncn1. The maximum Gasteiger partial charge on any atom is 0.271 e. The number of carbonyl (C=O) groups is 2. The minimum Gasteiger partial charge on any atom is -0.379 e. The number of hydrogen-bond donors (Lipinski definition) is 2. The van der Waals surface area contributed by atoms with Crippen molar-refractivity contribution in [2.45, 2.75) is 6.42 Å². The van der Waals surface area contributed by atoms with Crippen molar-refractivity contribution in [3.8, 4) is 0 Å². The molecule has 2 amide bonds. The van der Waals surface area contributed by atoms with Crippen LogP contribution in [0.1, 0.15) is 26.7 Å². The number of rotatable bonds is 4. The molecule has 0 bridgehead atoms. The van der Waals surface area contributed by atoms with Gasteiger partial charge in [0.25, 0.3) is 11.8 Å². The van der Waals surface area contributed by atoms with Crippen molar-refractivity contribution in [1.82, 2.24) is 30.4 Å². The summed E-state index contributed by atoms with van der Waals surface area (Å²) in [5, 5.41) is 9.07. The molecule has 25 heavy (non-hydrogen) atoms. The molecular weight excluding hydrogens is 324 g/mol. The van der Waals surface area contributed by atoms with E-state index in [9.17, 15) is 9.59 Å². The predicted molar refractivity (Wildman–Crippen MR) is 87.9 cm³/mol. The van der Waals surface area contributed by atoms with Crippen LogP contribution in [0.25, 0.3) is 0 Å². The Labute approximate surface area is 144 Å². The third kappa shape index (κ3) is 4.18. The molecule has 1 aliphatic heterocycles. The fourth-order valence-electron chi connectivity index (χ4n) is 2.79. The second-order valence-corrected chi connectivity index (χ2v) is 5.84. The fraction of sp³-hybridized carbons (Fsp3) is 0.438. The normalized spacial score (nSPS) is 17.8. The highest BCUT2D eigenvalue weighted by Gasteiger charge is 2.25. The summed E-state index contributed by atoms with van der Waals surface area (Å²) in [5.74, 6) is -0.264. The highest BCUT2D eigenvalue weighted by molar-refractivity contribution is 5.92. The van der Waals surface area contributed by atoms with Gasteiger partial charge < -0.3 is 15.0 Å². The Bertz CT molecular complexity index is 733. The van der Waals surface area contributed by atoms with Crippen molar-refractivity contribution in [1.29, 1.82) is 0 Å². The summed E-state index contributed by atoms with van der Waals surface area (Å²) in [6.07, 6.45) is 3.53. The first-order valence-corrected chi connectivity index (χ1v) is 8.06. The number of carbonyl (C=O) groups excluding carboxylic acids is 2. The van der Waals surface area contributed by atoms with Crippen LogP contribution in [0.3, 0.4) is 0 Å². The van der Waals surface area contributed by atoms with Crippen LogP contribution in [-0.4, -0.2) is 70.2 Å². The molecule has 1 fully saturated rings. The van der Waals surface area contributed by atoms with Gasteiger partial charge in [-0.2, -0.15) is 5.10 Å². The monoisotopic (exact) mass is 344 g/mol. The highest BCUT2D eigenvalue weighted by Crippen LogP contribution is 2.15. The summed E-state index contributed by atoms with van der Waals surface area (Å²) < 4.78 is 5.63. The number of hydrogen-bond acceptors (Lipinski definition) is 6. The Morgan fingerprint density at radius 2 is 2.32 bits per heavy atom. The second kappa shape index (κ2) is 7.84. The lowest BCUT2D eigenvalue weighted by Crippen LogP contribution is -2.36. The van der Waals surface area contributed by atoms with Crippen LogP contribution < -0.4 is 5.32 Å². The van der Waals surface area contributed by atoms with E-state index in [1.165, 1.54) is 6.33 Å².